The summed E-state index contributed by atoms with van der Waals surface area (Å²) >= 11 is 1.21. The van der Waals surface area contributed by atoms with Crippen molar-refractivity contribution in [3.05, 3.63) is 30.1 Å². The van der Waals surface area contributed by atoms with Crippen LogP contribution >= 0.6 is 11.8 Å². The molecule has 0 unspecified atom stereocenters. The van der Waals surface area contributed by atoms with Crippen molar-refractivity contribution in [3.63, 3.8) is 0 Å². The number of methoxy groups -OCH3 is 1. The Morgan fingerprint density at radius 3 is 2.50 bits per heavy atom. The molecule has 2 N–H and O–H groups in total. The number of hydrogen-bond donors (Lipinski definition) is 2. The molecule has 1 aromatic rings. The Labute approximate surface area is 121 Å². The van der Waals surface area contributed by atoms with E-state index in [2.05, 4.69) is 10.6 Å². The molecule has 0 heterocycles. The fraction of sp³-hybridized carbons (Fsp3) is 0.385. The third-order valence-corrected chi connectivity index (χ3v) is 3.16. The number of carbonyl (C=O) groups excluding carboxylic acids is 2. The molecule has 0 aliphatic rings. The molecule has 0 spiro atoms. The van der Waals surface area contributed by atoms with E-state index < -0.39 is 0 Å². The van der Waals surface area contributed by atoms with Gasteiger partial charge in [0.05, 0.1) is 18.1 Å². The van der Waals surface area contributed by atoms with E-state index in [4.69, 9.17) is 4.74 Å². The van der Waals surface area contributed by atoms with Crippen molar-refractivity contribution < 1.29 is 18.7 Å². The number of halogens is 1. The van der Waals surface area contributed by atoms with Crippen LogP contribution < -0.4 is 10.6 Å². The first-order valence-electron chi connectivity index (χ1n) is 6.00. The fourth-order valence-electron chi connectivity index (χ4n) is 1.31. The summed E-state index contributed by atoms with van der Waals surface area (Å²) in [7, 11) is 1.56. The summed E-state index contributed by atoms with van der Waals surface area (Å²) < 4.78 is 17.5. The molecule has 0 aliphatic heterocycles. The van der Waals surface area contributed by atoms with Gasteiger partial charge in [0.15, 0.2) is 0 Å². The van der Waals surface area contributed by atoms with E-state index in [1.54, 1.807) is 7.11 Å². The predicted octanol–water partition coefficient (Wildman–Crippen LogP) is 1.26. The van der Waals surface area contributed by atoms with Gasteiger partial charge in [0.1, 0.15) is 5.82 Å². The summed E-state index contributed by atoms with van der Waals surface area (Å²) in [6, 6.07) is 5.50. The first-order chi connectivity index (χ1) is 9.61. The van der Waals surface area contributed by atoms with Gasteiger partial charge in [0.2, 0.25) is 11.8 Å². The first-order valence-corrected chi connectivity index (χ1v) is 7.16. The maximum atomic E-state index is 12.7. The van der Waals surface area contributed by atoms with E-state index in [0.29, 0.717) is 18.8 Å². The van der Waals surface area contributed by atoms with Crippen LogP contribution in [0.25, 0.3) is 0 Å². The Hall–Kier alpha value is -1.60. The zero-order valence-electron chi connectivity index (χ0n) is 11.1. The van der Waals surface area contributed by atoms with Gasteiger partial charge in [0, 0.05) is 19.3 Å². The van der Waals surface area contributed by atoms with Gasteiger partial charge in [0.25, 0.3) is 0 Å². The maximum absolute atomic E-state index is 12.7. The molecule has 7 heteroatoms. The quantitative estimate of drug-likeness (QED) is 0.709. The third kappa shape index (κ3) is 7.10. The molecule has 0 aromatic heterocycles. The Morgan fingerprint density at radius 1 is 1.20 bits per heavy atom. The monoisotopic (exact) mass is 300 g/mol. The normalized spacial score (nSPS) is 10.1. The molecule has 0 bridgehead atoms. The molecule has 0 radical (unpaired) electrons. The van der Waals surface area contributed by atoms with Crippen molar-refractivity contribution in [3.8, 4) is 0 Å². The molecule has 5 nitrogen and oxygen atoms in total. The number of carbonyl (C=O) groups is 2. The van der Waals surface area contributed by atoms with Gasteiger partial charge in [-0.2, -0.15) is 0 Å². The highest BCUT2D eigenvalue weighted by Crippen LogP contribution is 2.09. The minimum Gasteiger partial charge on any atom is -0.383 e. The van der Waals surface area contributed by atoms with Gasteiger partial charge >= 0.3 is 0 Å². The van der Waals surface area contributed by atoms with Crippen LogP contribution in [-0.2, 0) is 14.3 Å². The van der Waals surface area contributed by atoms with Crippen LogP contribution in [0.1, 0.15) is 0 Å². The summed E-state index contributed by atoms with van der Waals surface area (Å²) in [5.41, 5.74) is 0.529. The second kappa shape index (κ2) is 9.33. The Balaban J connectivity index is 2.17. The average molecular weight is 300 g/mol. The van der Waals surface area contributed by atoms with E-state index in [1.165, 1.54) is 36.0 Å². The van der Waals surface area contributed by atoms with Crippen LogP contribution in [0.15, 0.2) is 24.3 Å². The third-order valence-electron chi connectivity index (χ3n) is 2.22. The number of thioether (sulfide) groups is 1. The van der Waals surface area contributed by atoms with Crippen LogP contribution in [0.4, 0.5) is 10.1 Å². The highest BCUT2D eigenvalue weighted by Gasteiger charge is 2.05. The number of hydrogen-bond acceptors (Lipinski definition) is 4. The van der Waals surface area contributed by atoms with Gasteiger partial charge in [-0.25, -0.2) is 4.39 Å². The van der Waals surface area contributed by atoms with Crippen LogP contribution in [0.5, 0.6) is 0 Å². The van der Waals surface area contributed by atoms with Gasteiger partial charge in [-0.05, 0) is 24.3 Å². The number of amides is 2. The Bertz CT molecular complexity index is 440. The first kappa shape index (κ1) is 16.5. The minimum absolute atomic E-state index is 0.137. The molecule has 0 saturated heterocycles. The maximum Gasteiger partial charge on any atom is 0.234 e. The highest BCUT2D eigenvalue weighted by molar-refractivity contribution is 8.00. The van der Waals surface area contributed by atoms with Crippen molar-refractivity contribution in [1.82, 2.24) is 5.32 Å². The summed E-state index contributed by atoms with van der Waals surface area (Å²) in [6.07, 6.45) is 0. The second-order valence-electron chi connectivity index (χ2n) is 3.89. The zero-order chi connectivity index (χ0) is 14.8. The van der Waals surface area contributed by atoms with Crippen molar-refractivity contribution in [2.75, 3.05) is 37.1 Å². The number of nitrogens with one attached hydrogen (secondary N) is 2. The standard InChI is InChI=1S/C13H17FN2O3S/c1-19-7-6-15-12(17)8-20-9-13(18)16-11-4-2-10(14)3-5-11/h2-5H,6-9H2,1H3,(H,15,17)(H,16,18). The largest absolute Gasteiger partial charge is 0.383 e. The van der Waals surface area contributed by atoms with Gasteiger partial charge in [-0.1, -0.05) is 0 Å². The molecule has 0 fully saturated rings. The van der Waals surface area contributed by atoms with Crippen LogP contribution in [-0.4, -0.2) is 43.6 Å². The lowest BCUT2D eigenvalue weighted by Crippen LogP contribution is -2.29. The van der Waals surface area contributed by atoms with Crippen LogP contribution in [0.2, 0.25) is 0 Å². The van der Waals surface area contributed by atoms with E-state index in [1.807, 2.05) is 0 Å². The number of benzene rings is 1. The Morgan fingerprint density at radius 2 is 1.85 bits per heavy atom. The Kier molecular flexibility index (Phi) is 7.67. The summed E-state index contributed by atoms with van der Waals surface area (Å²) in [5.74, 6) is -0.353. The number of anilines is 1. The van der Waals surface area contributed by atoms with Crippen LogP contribution in [0, 0.1) is 5.82 Å². The molecular formula is C13H17FN2O3S. The number of rotatable bonds is 8. The fourth-order valence-corrected chi connectivity index (χ4v) is 1.96. The molecular weight excluding hydrogens is 283 g/mol. The topological polar surface area (TPSA) is 67.4 Å². The lowest BCUT2D eigenvalue weighted by Gasteiger charge is -2.06. The minimum atomic E-state index is -0.356. The zero-order valence-corrected chi connectivity index (χ0v) is 12.0. The lowest BCUT2D eigenvalue weighted by molar-refractivity contribution is -0.118. The summed E-state index contributed by atoms with van der Waals surface area (Å²) in [4.78, 5) is 22.9. The smallest absolute Gasteiger partial charge is 0.234 e. The highest BCUT2D eigenvalue weighted by atomic mass is 32.2. The number of ether oxygens (including phenoxy) is 1. The van der Waals surface area contributed by atoms with Crippen molar-refractivity contribution >= 4 is 29.3 Å². The molecule has 0 atom stereocenters. The summed E-state index contributed by atoms with van der Waals surface area (Å²) in [6.45, 7) is 0.916. The molecule has 2 amide bonds. The lowest BCUT2D eigenvalue weighted by atomic mass is 10.3. The SMILES string of the molecule is COCCNC(=O)CSCC(=O)Nc1ccc(F)cc1. The van der Waals surface area contributed by atoms with E-state index in [0.717, 1.165) is 0 Å². The molecule has 1 aromatic carbocycles. The van der Waals surface area contributed by atoms with Gasteiger partial charge in [-0.3, -0.25) is 9.59 Å². The summed E-state index contributed by atoms with van der Waals surface area (Å²) in [5, 5.41) is 5.27. The van der Waals surface area contributed by atoms with E-state index in [-0.39, 0.29) is 29.1 Å². The predicted molar refractivity (Wildman–Crippen MR) is 77.2 cm³/mol. The van der Waals surface area contributed by atoms with E-state index >= 15 is 0 Å². The van der Waals surface area contributed by atoms with Gasteiger partial charge < -0.3 is 15.4 Å². The molecule has 110 valence electrons. The van der Waals surface area contributed by atoms with Crippen molar-refractivity contribution in [2.45, 2.75) is 0 Å². The average Bonchev–Trinajstić information content (AvgIpc) is 2.42. The molecule has 20 heavy (non-hydrogen) atoms. The van der Waals surface area contributed by atoms with Crippen molar-refractivity contribution in [1.29, 1.82) is 0 Å². The molecule has 0 saturated carbocycles. The van der Waals surface area contributed by atoms with E-state index in [9.17, 15) is 14.0 Å². The molecule has 1 rings (SSSR count). The van der Waals surface area contributed by atoms with Crippen LogP contribution in [0.3, 0.4) is 0 Å². The van der Waals surface area contributed by atoms with Gasteiger partial charge in [-0.15, -0.1) is 11.8 Å². The molecule has 0 aliphatic carbocycles. The second-order valence-corrected chi connectivity index (χ2v) is 4.88. The van der Waals surface area contributed by atoms with Crippen molar-refractivity contribution in [2.24, 2.45) is 0 Å².